The molecule has 0 unspecified atom stereocenters. The zero-order valence-electron chi connectivity index (χ0n) is 18.7. The number of nitrogens with one attached hydrogen (secondary N) is 1. The maximum Gasteiger partial charge on any atom is 0.422 e. The van der Waals surface area contributed by atoms with Gasteiger partial charge in [-0.3, -0.25) is 4.79 Å². The number of imidazole rings is 1. The lowest BCUT2D eigenvalue weighted by atomic mass is 10.1. The van der Waals surface area contributed by atoms with Crippen LogP contribution in [-0.4, -0.2) is 45.4 Å². The third kappa shape index (κ3) is 5.28. The number of halogens is 4. The van der Waals surface area contributed by atoms with Crippen LogP contribution in [-0.2, 0) is 13.7 Å². The maximum atomic E-state index is 15.0. The molecule has 0 radical (unpaired) electrons. The van der Waals surface area contributed by atoms with Crippen LogP contribution < -0.4 is 14.8 Å². The minimum atomic E-state index is -4.69. The van der Waals surface area contributed by atoms with E-state index in [1.165, 1.54) is 24.1 Å². The predicted octanol–water partition coefficient (Wildman–Crippen LogP) is 3.93. The number of aliphatic hydroxyl groups is 1. The number of benzene rings is 1. The Kier molecular flexibility index (Phi) is 7.10. The molecule has 3 rings (SSSR count). The quantitative estimate of drug-likeness (QED) is 0.495. The van der Waals surface area contributed by atoms with Gasteiger partial charge in [0.05, 0.1) is 24.1 Å². The molecule has 0 atom stereocenters. The molecule has 0 aliphatic carbocycles. The fourth-order valence-corrected chi connectivity index (χ4v) is 3.29. The highest BCUT2D eigenvalue weighted by molar-refractivity contribution is 6.07. The number of aromatic nitrogens is 3. The number of carbonyl (C=O) groups is 1. The van der Waals surface area contributed by atoms with Crippen LogP contribution in [0.25, 0.3) is 11.3 Å². The summed E-state index contributed by atoms with van der Waals surface area (Å²) in [6.45, 7) is 1.19. The van der Waals surface area contributed by atoms with E-state index < -0.39 is 42.4 Å². The predicted molar refractivity (Wildman–Crippen MR) is 114 cm³/mol. The highest BCUT2D eigenvalue weighted by atomic mass is 19.4. The van der Waals surface area contributed by atoms with E-state index in [2.05, 4.69) is 15.3 Å². The van der Waals surface area contributed by atoms with Crippen molar-refractivity contribution in [1.29, 1.82) is 0 Å². The van der Waals surface area contributed by atoms with E-state index in [0.717, 1.165) is 12.1 Å². The average Bonchev–Trinajstić information content (AvgIpc) is 3.15. The van der Waals surface area contributed by atoms with E-state index in [0.29, 0.717) is 16.8 Å². The molecule has 182 valence electrons. The van der Waals surface area contributed by atoms with Crippen molar-refractivity contribution >= 4 is 11.6 Å². The summed E-state index contributed by atoms with van der Waals surface area (Å²) in [5.74, 6) is -1.83. The Labute approximate surface area is 192 Å². The number of pyridine rings is 1. The van der Waals surface area contributed by atoms with Gasteiger partial charge >= 0.3 is 6.18 Å². The van der Waals surface area contributed by atoms with Crippen molar-refractivity contribution in [2.24, 2.45) is 7.05 Å². The molecule has 0 fully saturated rings. The van der Waals surface area contributed by atoms with Crippen molar-refractivity contribution in [1.82, 2.24) is 14.5 Å². The minimum absolute atomic E-state index is 0.0541. The number of ether oxygens (including phenoxy) is 2. The summed E-state index contributed by atoms with van der Waals surface area (Å²) in [6.07, 6.45) is -1.85. The van der Waals surface area contributed by atoms with E-state index >= 15 is 4.39 Å². The lowest BCUT2D eigenvalue weighted by Gasteiger charge is -2.17. The molecule has 1 amide bonds. The van der Waals surface area contributed by atoms with Gasteiger partial charge < -0.3 is 24.5 Å². The third-order valence-corrected chi connectivity index (χ3v) is 4.99. The summed E-state index contributed by atoms with van der Waals surface area (Å²) >= 11 is 0. The van der Waals surface area contributed by atoms with E-state index in [-0.39, 0.29) is 23.0 Å². The second kappa shape index (κ2) is 9.67. The summed E-state index contributed by atoms with van der Waals surface area (Å²) in [5, 5.41) is 11.9. The SMILES string of the molecule is COc1ncc(C)c(NC(=O)c2cc(F)c(-c3cn(C)c(CO)n3)cc2OCC(F)(F)F)c1C. The van der Waals surface area contributed by atoms with Gasteiger partial charge in [0.15, 0.2) is 6.61 Å². The molecule has 34 heavy (non-hydrogen) atoms. The molecule has 2 N–H and O–H groups in total. The Morgan fingerprint density at radius 3 is 2.56 bits per heavy atom. The van der Waals surface area contributed by atoms with Gasteiger partial charge in [-0.05, 0) is 31.5 Å². The van der Waals surface area contributed by atoms with Gasteiger partial charge in [-0.2, -0.15) is 13.2 Å². The molecular weight excluding hydrogens is 460 g/mol. The Bertz CT molecular complexity index is 1220. The summed E-state index contributed by atoms with van der Waals surface area (Å²) in [6, 6.07) is 1.76. The molecule has 2 aromatic heterocycles. The van der Waals surface area contributed by atoms with E-state index in [9.17, 15) is 23.1 Å². The highest BCUT2D eigenvalue weighted by Crippen LogP contribution is 2.33. The first kappa shape index (κ1) is 25.0. The molecule has 0 saturated heterocycles. The van der Waals surface area contributed by atoms with Crippen molar-refractivity contribution in [3.63, 3.8) is 0 Å². The first-order chi connectivity index (χ1) is 15.9. The monoisotopic (exact) mass is 482 g/mol. The number of alkyl halides is 3. The second-order valence-electron chi connectivity index (χ2n) is 7.45. The number of aryl methyl sites for hydroxylation is 2. The molecule has 0 bridgehead atoms. The summed E-state index contributed by atoms with van der Waals surface area (Å²) in [4.78, 5) is 21.2. The van der Waals surface area contributed by atoms with Crippen LogP contribution in [0, 0.1) is 19.7 Å². The standard InChI is InChI=1S/C22H22F4N4O4/c1-11-7-27-21(33-4)12(2)19(11)29-20(32)14-5-15(23)13(6-17(14)34-10-22(24,25)26)16-8-30(3)18(9-31)28-16/h5-8,31H,9-10H2,1-4H3,(H,27,29,32). The van der Waals surface area contributed by atoms with Gasteiger partial charge in [0, 0.05) is 30.6 Å². The molecule has 0 spiro atoms. The molecule has 0 aliphatic rings. The first-order valence-corrected chi connectivity index (χ1v) is 9.93. The van der Waals surface area contributed by atoms with Crippen LogP contribution in [0.3, 0.4) is 0 Å². The van der Waals surface area contributed by atoms with E-state index in [4.69, 9.17) is 9.47 Å². The molecule has 1 aromatic carbocycles. The van der Waals surface area contributed by atoms with Crippen LogP contribution in [0.4, 0.5) is 23.2 Å². The summed E-state index contributed by atoms with van der Waals surface area (Å²) < 4.78 is 65.0. The van der Waals surface area contributed by atoms with Crippen molar-refractivity contribution in [3.05, 3.63) is 52.9 Å². The van der Waals surface area contributed by atoms with Crippen molar-refractivity contribution < 1.29 is 36.9 Å². The number of hydrogen-bond acceptors (Lipinski definition) is 6. The summed E-state index contributed by atoms with van der Waals surface area (Å²) in [5.41, 5.74) is 0.779. The smallest absolute Gasteiger partial charge is 0.422 e. The fourth-order valence-electron chi connectivity index (χ4n) is 3.29. The highest BCUT2D eigenvalue weighted by Gasteiger charge is 2.30. The van der Waals surface area contributed by atoms with Crippen molar-refractivity contribution in [3.8, 4) is 22.9 Å². The number of nitrogens with zero attached hydrogens (tertiary/aromatic N) is 3. The average molecular weight is 482 g/mol. The topological polar surface area (TPSA) is 98.5 Å². The Hall–Kier alpha value is -3.67. The van der Waals surface area contributed by atoms with Gasteiger partial charge in [-0.15, -0.1) is 0 Å². The molecular formula is C22H22F4N4O4. The fraction of sp³-hybridized carbons (Fsp3) is 0.318. The largest absolute Gasteiger partial charge is 0.483 e. The third-order valence-electron chi connectivity index (χ3n) is 4.99. The van der Waals surface area contributed by atoms with Gasteiger partial charge in [0.1, 0.15) is 24.0 Å². The number of anilines is 1. The molecule has 12 heteroatoms. The van der Waals surface area contributed by atoms with E-state index in [1.54, 1.807) is 20.9 Å². The van der Waals surface area contributed by atoms with Gasteiger partial charge in [-0.1, -0.05) is 0 Å². The minimum Gasteiger partial charge on any atom is -0.483 e. The van der Waals surface area contributed by atoms with Crippen LogP contribution in [0.5, 0.6) is 11.6 Å². The number of amides is 1. The Morgan fingerprint density at radius 1 is 1.26 bits per heavy atom. The Morgan fingerprint density at radius 2 is 1.97 bits per heavy atom. The number of aliphatic hydroxyl groups excluding tert-OH is 1. The number of hydrogen-bond donors (Lipinski definition) is 2. The molecule has 8 nitrogen and oxygen atoms in total. The van der Waals surface area contributed by atoms with Crippen LogP contribution >= 0.6 is 0 Å². The molecule has 0 aliphatic heterocycles. The van der Waals surface area contributed by atoms with Crippen LogP contribution in [0.15, 0.2) is 24.5 Å². The van der Waals surface area contributed by atoms with Crippen LogP contribution in [0.2, 0.25) is 0 Å². The van der Waals surface area contributed by atoms with Gasteiger partial charge in [-0.25, -0.2) is 14.4 Å². The summed E-state index contributed by atoms with van der Waals surface area (Å²) in [7, 11) is 2.96. The van der Waals surface area contributed by atoms with E-state index in [1.807, 2.05) is 0 Å². The lowest BCUT2D eigenvalue weighted by Crippen LogP contribution is -2.22. The van der Waals surface area contributed by atoms with Crippen LogP contribution in [0.1, 0.15) is 27.3 Å². The van der Waals surface area contributed by atoms with Crippen molar-refractivity contribution in [2.45, 2.75) is 26.6 Å². The number of rotatable bonds is 7. The zero-order chi connectivity index (χ0) is 25.2. The van der Waals surface area contributed by atoms with Gasteiger partial charge in [0.25, 0.3) is 5.91 Å². The second-order valence-corrected chi connectivity index (χ2v) is 7.45. The lowest BCUT2D eigenvalue weighted by molar-refractivity contribution is -0.153. The van der Waals surface area contributed by atoms with Crippen molar-refractivity contribution in [2.75, 3.05) is 19.0 Å². The number of methoxy groups -OCH3 is 1. The first-order valence-electron chi connectivity index (χ1n) is 9.93. The van der Waals surface area contributed by atoms with Gasteiger partial charge in [0.2, 0.25) is 5.88 Å². The molecule has 2 heterocycles. The molecule has 0 saturated carbocycles. The zero-order valence-corrected chi connectivity index (χ0v) is 18.7. The maximum absolute atomic E-state index is 15.0. The Balaban J connectivity index is 2.06. The molecule has 3 aromatic rings. The normalized spacial score (nSPS) is 11.4. The number of carbonyl (C=O) groups excluding carboxylic acids is 1.